The highest BCUT2D eigenvalue weighted by molar-refractivity contribution is 7.07. The van der Waals surface area contributed by atoms with E-state index in [1.54, 1.807) is 29.5 Å². The van der Waals surface area contributed by atoms with Crippen LogP contribution in [0.1, 0.15) is 11.1 Å². The highest BCUT2D eigenvalue weighted by Gasteiger charge is 2.22. The summed E-state index contributed by atoms with van der Waals surface area (Å²) in [6, 6.07) is 8.57. The molecule has 1 aliphatic heterocycles. The van der Waals surface area contributed by atoms with Gasteiger partial charge in [-0.05, 0) is 29.0 Å². The molecule has 3 rings (SSSR count). The van der Waals surface area contributed by atoms with E-state index in [4.69, 9.17) is 0 Å². The Morgan fingerprint density at radius 2 is 2.04 bits per heavy atom. The first kappa shape index (κ1) is 17.3. The number of nitro benzene ring substituents is 1. The summed E-state index contributed by atoms with van der Waals surface area (Å²) in [6.07, 6.45) is 2.97. The van der Waals surface area contributed by atoms with Crippen molar-refractivity contribution < 1.29 is 14.6 Å². The van der Waals surface area contributed by atoms with Crippen molar-refractivity contribution in [3.05, 3.63) is 68.4 Å². The van der Waals surface area contributed by atoms with Gasteiger partial charge < -0.3 is 9.80 Å². The highest BCUT2D eigenvalue weighted by atomic mass is 32.1. The smallest absolute Gasteiger partial charge is 0.276 e. The molecule has 0 atom stereocenters. The van der Waals surface area contributed by atoms with Crippen LogP contribution >= 0.6 is 11.3 Å². The number of quaternary nitrogens is 1. The maximum absolute atomic E-state index is 12.3. The van der Waals surface area contributed by atoms with Gasteiger partial charge in [0, 0.05) is 17.7 Å². The molecular weight excluding hydrogens is 338 g/mol. The average Bonchev–Trinajstić information content (AvgIpc) is 3.13. The number of benzene rings is 1. The van der Waals surface area contributed by atoms with E-state index >= 15 is 0 Å². The van der Waals surface area contributed by atoms with E-state index in [9.17, 15) is 14.9 Å². The lowest BCUT2D eigenvalue weighted by molar-refractivity contribution is -0.917. The first-order valence-electron chi connectivity index (χ1n) is 8.18. The van der Waals surface area contributed by atoms with Crippen LogP contribution in [0.5, 0.6) is 0 Å². The Morgan fingerprint density at radius 1 is 1.28 bits per heavy atom. The van der Waals surface area contributed by atoms with Crippen LogP contribution in [0.3, 0.4) is 0 Å². The Labute approximate surface area is 150 Å². The molecule has 6 nitrogen and oxygen atoms in total. The average molecular weight is 358 g/mol. The standard InChI is InChI=1S/C18H19N3O3S/c22-18(6-5-16-3-1-2-4-17(16)21(23)24)20-10-8-19(9-11-20)13-15-7-12-25-14-15/h1-7,12,14H,8-11,13H2/p+1/b6-5+. The lowest BCUT2D eigenvalue weighted by Gasteiger charge is -2.31. The molecule has 2 aromatic rings. The largest absolute Gasteiger partial charge is 0.328 e. The van der Waals surface area contributed by atoms with E-state index < -0.39 is 4.92 Å². The fourth-order valence-corrected chi connectivity index (χ4v) is 3.63. The van der Waals surface area contributed by atoms with Gasteiger partial charge in [0.05, 0.1) is 36.7 Å². The third kappa shape index (κ3) is 4.52. The number of amides is 1. The summed E-state index contributed by atoms with van der Waals surface area (Å²) in [5.41, 5.74) is 1.80. The van der Waals surface area contributed by atoms with Crippen molar-refractivity contribution in [2.75, 3.05) is 26.2 Å². The fourth-order valence-electron chi connectivity index (χ4n) is 2.96. The van der Waals surface area contributed by atoms with Gasteiger partial charge in [-0.3, -0.25) is 14.9 Å². The maximum atomic E-state index is 12.3. The Morgan fingerprint density at radius 3 is 2.72 bits per heavy atom. The molecule has 25 heavy (non-hydrogen) atoms. The van der Waals surface area contributed by atoms with E-state index in [2.05, 4.69) is 16.8 Å². The number of nitrogens with zero attached hydrogens (tertiary/aromatic N) is 2. The summed E-state index contributed by atoms with van der Waals surface area (Å²) in [7, 11) is 0. The Bertz CT molecular complexity index is 766. The normalized spacial score (nSPS) is 15.6. The Hall–Kier alpha value is -2.51. The van der Waals surface area contributed by atoms with Gasteiger partial charge in [0.1, 0.15) is 6.54 Å². The molecule has 0 aliphatic carbocycles. The SMILES string of the molecule is O=C(/C=C/c1ccccc1[N+](=O)[O-])N1CC[NH+](Cc2ccsc2)CC1. The zero-order valence-electron chi connectivity index (χ0n) is 13.8. The number of rotatable bonds is 5. The zero-order valence-corrected chi connectivity index (χ0v) is 14.6. The minimum atomic E-state index is -0.434. The Balaban J connectivity index is 1.55. The van der Waals surface area contributed by atoms with Crippen molar-refractivity contribution in [1.29, 1.82) is 0 Å². The minimum Gasteiger partial charge on any atom is -0.328 e. The maximum Gasteiger partial charge on any atom is 0.276 e. The van der Waals surface area contributed by atoms with Crippen LogP contribution in [0, 0.1) is 10.1 Å². The van der Waals surface area contributed by atoms with Crippen molar-refractivity contribution in [2.45, 2.75) is 6.54 Å². The molecule has 7 heteroatoms. The number of carbonyl (C=O) groups is 1. The highest BCUT2D eigenvalue weighted by Crippen LogP contribution is 2.19. The van der Waals surface area contributed by atoms with Crippen molar-refractivity contribution in [1.82, 2.24) is 4.90 Å². The van der Waals surface area contributed by atoms with Crippen molar-refractivity contribution in [2.24, 2.45) is 0 Å². The topological polar surface area (TPSA) is 67.9 Å². The van der Waals surface area contributed by atoms with Gasteiger partial charge in [-0.15, -0.1) is 0 Å². The van der Waals surface area contributed by atoms with Gasteiger partial charge in [-0.2, -0.15) is 11.3 Å². The van der Waals surface area contributed by atoms with Gasteiger partial charge in [0.25, 0.3) is 5.69 Å². The monoisotopic (exact) mass is 358 g/mol. The number of hydrogen-bond donors (Lipinski definition) is 1. The third-order valence-corrected chi connectivity index (χ3v) is 5.09. The van der Waals surface area contributed by atoms with Crippen molar-refractivity contribution in [3.63, 3.8) is 0 Å². The molecule has 0 bridgehead atoms. The van der Waals surface area contributed by atoms with E-state index in [0.29, 0.717) is 18.7 Å². The van der Waals surface area contributed by atoms with Crippen LogP contribution in [0.15, 0.2) is 47.2 Å². The molecule has 1 aromatic carbocycles. The third-order valence-electron chi connectivity index (χ3n) is 4.36. The Kier molecular flexibility index (Phi) is 5.57. The van der Waals surface area contributed by atoms with E-state index in [0.717, 1.165) is 19.6 Å². The van der Waals surface area contributed by atoms with Crippen LogP contribution in [0.2, 0.25) is 0 Å². The molecule has 1 N–H and O–H groups in total. The minimum absolute atomic E-state index is 0.0107. The van der Waals surface area contributed by atoms with Crippen LogP contribution in [0.25, 0.3) is 6.08 Å². The summed E-state index contributed by atoms with van der Waals surface area (Å²) in [4.78, 5) is 26.2. The van der Waals surface area contributed by atoms with E-state index in [1.165, 1.54) is 28.7 Å². The summed E-state index contributed by atoms with van der Waals surface area (Å²) in [6.45, 7) is 4.25. The molecule has 1 amide bonds. The van der Waals surface area contributed by atoms with Crippen LogP contribution in [-0.2, 0) is 11.3 Å². The molecule has 0 unspecified atom stereocenters. The molecule has 0 radical (unpaired) electrons. The quantitative estimate of drug-likeness (QED) is 0.501. The van der Waals surface area contributed by atoms with Gasteiger partial charge in [-0.1, -0.05) is 12.1 Å². The first-order chi connectivity index (χ1) is 12.1. The van der Waals surface area contributed by atoms with Crippen LogP contribution < -0.4 is 4.90 Å². The molecule has 1 aliphatic rings. The molecular formula is C18H20N3O3S+. The first-order valence-corrected chi connectivity index (χ1v) is 9.13. The molecule has 0 saturated carbocycles. The lowest BCUT2D eigenvalue weighted by Crippen LogP contribution is -3.13. The number of nitrogens with one attached hydrogen (secondary N) is 1. The molecule has 1 saturated heterocycles. The number of thiophene rings is 1. The second-order valence-corrected chi connectivity index (χ2v) is 6.81. The summed E-state index contributed by atoms with van der Waals surface area (Å²) >= 11 is 1.71. The summed E-state index contributed by atoms with van der Waals surface area (Å²) in [5.74, 6) is -0.0901. The predicted molar refractivity (Wildman–Crippen MR) is 97.4 cm³/mol. The summed E-state index contributed by atoms with van der Waals surface area (Å²) in [5, 5.41) is 15.3. The van der Waals surface area contributed by atoms with Gasteiger partial charge >= 0.3 is 0 Å². The van der Waals surface area contributed by atoms with Crippen LogP contribution in [-0.4, -0.2) is 41.9 Å². The fraction of sp³-hybridized carbons (Fsp3) is 0.278. The second-order valence-electron chi connectivity index (χ2n) is 6.03. The van der Waals surface area contributed by atoms with Gasteiger partial charge in [0.15, 0.2) is 0 Å². The van der Waals surface area contributed by atoms with E-state index in [-0.39, 0.29) is 11.6 Å². The van der Waals surface area contributed by atoms with Crippen LogP contribution in [0.4, 0.5) is 5.69 Å². The van der Waals surface area contributed by atoms with Gasteiger partial charge in [0.2, 0.25) is 5.91 Å². The summed E-state index contributed by atoms with van der Waals surface area (Å²) < 4.78 is 0. The number of piperazine rings is 1. The molecule has 0 spiro atoms. The number of para-hydroxylation sites is 1. The zero-order chi connectivity index (χ0) is 17.6. The molecule has 1 aromatic heterocycles. The van der Waals surface area contributed by atoms with Crippen molar-refractivity contribution >= 4 is 29.0 Å². The van der Waals surface area contributed by atoms with Gasteiger partial charge in [-0.25, -0.2) is 0 Å². The lowest BCUT2D eigenvalue weighted by atomic mass is 10.1. The predicted octanol–water partition coefficient (Wildman–Crippen LogP) is 1.60. The number of carbonyl (C=O) groups excluding carboxylic acids is 1. The van der Waals surface area contributed by atoms with E-state index in [1.807, 2.05) is 4.90 Å². The molecule has 1 fully saturated rings. The molecule has 2 heterocycles. The number of hydrogen-bond acceptors (Lipinski definition) is 4. The number of nitro groups is 1. The molecule has 130 valence electrons. The second kappa shape index (κ2) is 8.04. The van der Waals surface area contributed by atoms with Crippen molar-refractivity contribution in [3.8, 4) is 0 Å².